The molecule has 0 spiro atoms. The van der Waals surface area contributed by atoms with Crippen molar-refractivity contribution in [3.05, 3.63) is 10.3 Å². The fourth-order valence-electron chi connectivity index (χ4n) is 2.07. The third-order valence-electron chi connectivity index (χ3n) is 2.95. The first-order chi connectivity index (χ1) is 8.74. The van der Waals surface area contributed by atoms with E-state index in [0.717, 1.165) is 23.3 Å². The summed E-state index contributed by atoms with van der Waals surface area (Å²) >= 11 is 3.45. The fraction of sp³-hybridized carbons (Fsp3) is 0.818. The minimum atomic E-state index is -0.00111. The van der Waals surface area contributed by atoms with Crippen molar-refractivity contribution in [3.63, 3.8) is 0 Å². The van der Waals surface area contributed by atoms with Crippen LogP contribution in [0.1, 0.15) is 25.1 Å². The molecule has 0 aromatic carbocycles. The second-order valence-electron chi connectivity index (χ2n) is 4.31. The van der Waals surface area contributed by atoms with Crippen LogP contribution in [0.3, 0.4) is 0 Å². The van der Waals surface area contributed by atoms with Gasteiger partial charge in [0.05, 0.1) is 31.6 Å². The number of aryl methyl sites for hydroxylation is 1. The van der Waals surface area contributed by atoms with Crippen molar-refractivity contribution in [2.45, 2.75) is 25.5 Å². The molecular weight excluding hydrogens is 300 g/mol. The van der Waals surface area contributed by atoms with Crippen molar-refractivity contribution in [1.82, 2.24) is 20.3 Å². The molecule has 1 saturated heterocycles. The van der Waals surface area contributed by atoms with Gasteiger partial charge < -0.3 is 14.8 Å². The molecule has 2 heterocycles. The van der Waals surface area contributed by atoms with Crippen LogP contribution >= 0.6 is 15.9 Å². The maximum Gasteiger partial charge on any atom is 0.153 e. The quantitative estimate of drug-likeness (QED) is 0.878. The normalized spacial score (nSPS) is 22.1. The molecule has 1 aliphatic rings. The highest BCUT2D eigenvalue weighted by molar-refractivity contribution is 9.10. The Morgan fingerprint density at radius 1 is 1.56 bits per heavy atom. The molecule has 0 aliphatic carbocycles. The fourth-order valence-corrected chi connectivity index (χ4v) is 2.65. The highest BCUT2D eigenvalue weighted by atomic mass is 79.9. The minimum absolute atomic E-state index is 0.00111. The van der Waals surface area contributed by atoms with Crippen LogP contribution < -0.4 is 5.32 Å². The minimum Gasteiger partial charge on any atom is -0.376 e. The Morgan fingerprint density at radius 2 is 2.39 bits per heavy atom. The first-order valence-electron chi connectivity index (χ1n) is 6.21. The topological polar surface area (TPSA) is 61.2 Å². The van der Waals surface area contributed by atoms with Crippen LogP contribution in [0, 0.1) is 0 Å². The van der Waals surface area contributed by atoms with Gasteiger partial charge in [0.25, 0.3) is 0 Å². The van der Waals surface area contributed by atoms with Crippen LogP contribution in [-0.4, -0.2) is 47.5 Å². The van der Waals surface area contributed by atoms with Gasteiger partial charge in [0.2, 0.25) is 0 Å². The van der Waals surface area contributed by atoms with E-state index in [2.05, 4.69) is 38.5 Å². The van der Waals surface area contributed by atoms with Crippen molar-refractivity contribution in [1.29, 1.82) is 0 Å². The number of ether oxygens (including phenoxy) is 2. The number of hydrogen-bond donors (Lipinski definition) is 1. The smallest absolute Gasteiger partial charge is 0.153 e. The molecule has 1 fully saturated rings. The van der Waals surface area contributed by atoms with Gasteiger partial charge in [0, 0.05) is 7.05 Å². The summed E-state index contributed by atoms with van der Waals surface area (Å²) in [4.78, 5) is 0. The second-order valence-corrected chi connectivity index (χ2v) is 5.06. The molecule has 1 aromatic heterocycles. The van der Waals surface area contributed by atoms with Gasteiger partial charge in [0.1, 0.15) is 6.10 Å². The van der Waals surface area contributed by atoms with Crippen molar-refractivity contribution in [2.24, 2.45) is 7.05 Å². The zero-order valence-electron chi connectivity index (χ0n) is 10.7. The van der Waals surface area contributed by atoms with Gasteiger partial charge in [0.15, 0.2) is 4.60 Å². The number of halogens is 1. The van der Waals surface area contributed by atoms with Crippen LogP contribution in [0.2, 0.25) is 0 Å². The largest absolute Gasteiger partial charge is 0.376 e. The summed E-state index contributed by atoms with van der Waals surface area (Å²) in [7, 11) is 1.89. The maximum absolute atomic E-state index is 5.79. The molecule has 0 bridgehead atoms. The third-order valence-corrected chi connectivity index (χ3v) is 3.51. The van der Waals surface area contributed by atoms with E-state index in [1.54, 1.807) is 4.68 Å². The van der Waals surface area contributed by atoms with E-state index in [9.17, 15) is 0 Å². The zero-order valence-corrected chi connectivity index (χ0v) is 12.3. The van der Waals surface area contributed by atoms with Crippen LogP contribution in [0.4, 0.5) is 0 Å². The van der Waals surface area contributed by atoms with E-state index in [1.165, 1.54) is 0 Å². The number of nitrogens with one attached hydrogen (secondary N) is 1. The van der Waals surface area contributed by atoms with Crippen LogP contribution in [0.5, 0.6) is 0 Å². The molecule has 18 heavy (non-hydrogen) atoms. The first kappa shape index (κ1) is 13.9. The lowest BCUT2D eigenvalue weighted by Crippen LogP contribution is -2.41. The van der Waals surface area contributed by atoms with Gasteiger partial charge in [-0.1, -0.05) is 12.1 Å². The highest BCUT2D eigenvalue weighted by Crippen LogP contribution is 2.26. The van der Waals surface area contributed by atoms with E-state index in [-0.39, 0.29) is 12.1 Å². The Hall–Kier alpha value is -0.500. The molecule has 0 saturated carbocycles. The van der Waals surface area contributed by atoms with E-state index in [1.807, 2.05) is 7.05 Å². The second kappa shape index (κ2) is 6.60. The van der Waals surface area contributed by atoms with Gasteiger partial charge in [-0.25, -0.2) is 4.68 Å². The Morgan fingerprint density at radius 3 is 2.94 bits per heavy atom. The lowest BCUT2D eigenvalue weighted by Gasteiger charge is -2.31. The zero-order chi connectivity index (χ0) is 13.0. The van der Waals surface area contributed by atoms with Crippen LogP contribution in [0.15, 0.2) is 4.60 Å². The van der Waals surface area contributed by atoms with Gasteiger partial charge in [-0.3, -0.25) is 0 Å². The first-order valence-corrected chi connectivity index (χ1v) is 7.01. The molecular formula is C11H19BrN4O2. The van der Waals surface area contributed by atoms with E-state index >= 15 is 0 Å². The van der Waals surface area contributed by atoms with Crippen molar-refractivity contribution >= 4 is 15.9 Å². The number of nitrogens with zero attached hydrogens (tertiary/aromatic N) is 3. The van der Waals surface area contributed by atoms with Gasteiger partial charge in [-0.2, -0.15) is 0 Å². The lowest BCUT2D eigenvalue weighted by molar-refractivity contribution is -0.103. The standard InChI is InChI=1S/C11H19BrN4O2/c1-3-4-13-9(8-7-17-5-6-18-8)10-11(12)14-15-16(10)2/h8-9,13H,3-7H2,1-2H3. The average Bonchev–Trinajstić information content (AvgIpc) is 2.72. The van der Waals surface area contributed by atoms with Crippen molar-refractivity contribution < 1.29 is 9.47 Å². The Bertz CT molecular complexity index is 360. The third kappa shape index (κ3) is 3.09. The Labute approximate surface area is 115 Å². The van der Waals surface area contributed by atoms with Crippen LogP contribution in [-0.2, 0) is 16.5 Å². The Balaban J connectivity index is 2.18. The maximum atomic E-state index is 5.79. The monoisotopic (exact) mass is 318 g/mol. The highest BCUT2D eigenvalue weighted by Gasteiger charge is 2.30. The predicted octanol–water partition coefficient (Wildman–Crippen LogP) is 1.03. The molecule has 2 unspecified atom stereocenters. The van der Waals surface area contributed by atoms with E-state index in [0.29, 0.717) is 19.8 Å². The summed E-state index contributed by atoms with van der Waals surface area (Å²) in [6.07, 6.45) is 1.06. The Kier molecular flexibility index (Phi) is 5.11. The molecule has 7 heteroatoms. The van der Waals surface area contributed by atoms with Gasteiger partial charge in [-0.15, -0.1) is 5.10 Å². The summed E-state index contributed by atoms with van der Waals surface area (Å²) in [6.45, 7) is 4.96. The van der Waals surface area contributed by atoms with Crippen LogP contribution in [0.25, 0.3) is 0 Å². The summed E-state index contributed by atoms with van der Waals surface area (Å²) < 4.78 is 13.8. The molecule has 102 valence electrons. The lowest BCUT2D eigenvalue weighted by atomic mass is 10.1. The molecule has 1 aromatic rings. The molecule has 6 nitrogen and oxygen atoms in total. The molecule has 1 N–H and O–H groups in total. The van der Waals surface area contributed by atoms with E-state index < -0.39 is 0 Å². The summed E-state index contributed by atoms with van der Waals surface area (Å²) in [5.74, 6) is 0. The molecule has 0 amide bonds. The molecule has 2 rings (SSSR count). The molecule has 0 radical (unpaired) electrons. The van der Waals surface area contributed by atoms with E-state index in [4.69, 9.17) is 9.47 Å². The number of hydrogen-bond acceptors (Lipinski definition) is 5. The van der Waals surface area contributed by atoms with Gasteiger partial charge in [-0.05, 0) is 28.9 Å². The molecule has 2 atom stereocenters. The van der Waals surface area contributed by atoms with Crippen molar-refractivity contribution in [2.75, 3.05) is 26.4 Å². The molecule has 1 aliphatic heterocycles. The number of rotatable bonds is 5. The summed E-state index contributed by atoms with van der Waals surface area (Å²) in [5.41, 5.74) is 0.999. The summed E-state index contributed by atoms with van der Waals surface area (Å²) in [6, 6.07) is 0.0413. The predicted molar refractivity (Wildman–Crippen MR) is 70.3 cm³/mol. The van der Waals surface area contributed by atoms with Crippen molar-refractivity contribution in [3.8, 4) is 0 Å². The number of aromatic nitrogens is 3. The average molecular weight is 319 g/mol. The SMILES string of the molecule is CCCNC(c1c(Br)nnn1C)C1COCCO1. The summed E-state index contributed by atoms with van der Waals surface area (Å²) in [5, 5.41) is 11.5. The van der Waals surface area contributed by atoms with Gasteiger partial charge >= 0.3 is 0 Å².